The van der Waals surface area contributed by atoms with Crippen molar-refractivity contribution in [3.63, 3.8) is 0 Å². The zero-order valence-electron chi connectivity index (χ0n) is 17.3. The summed E-state index contributed by atoms with van der Waals surface area (Å²) in [5, 5.41) is 0.818. The number of thiazole rings is 1. The van der Waals surface area contributed by atoms with E-state index in [1.54, 1.807) is 11.9 Å². The Kier molecular flexibility index (Phi) is 5.90. The molecule has 6 nitrogen and oxygen atoms in total. The largest absolute Gasteiger partial charge is 0.494 e. The van der Waals surface area contributed by atoms with Crippen molar-refractivity contribution in [1.29, 1.82) is 0 Å². The SMILES string of the molecule is CCOc1ccc(-c2nc(C)c(C(=O)N(C)CC3COc4ccccc4O3)s2)cc1. The third kappa shape index (κ3) is 4.26. The average molecular weight is 425 g/mol. The molecule has 3 aromatic rings. The molecule has 0 bridgehead atoms. The number of carbonyl (C=O) groups is 1. The summed E-state index contributed by atoms with van der Waals surface area (Å²) in [5.41, 5.74) is 1.70. The summed E-state index contributed by atoms with van der Waals surface area (Å²) in [6.07, 6.45) is -0.215. The fourth-order valence-corrected chi connectivity index (χ4v) is 4.36. The number of carbonyl (C=O) groups excluding carboxylic acids is 1. The molecular formula is C23H24N2O4S. The fraction of sp³-hybridized carbons (Fsp3) is 0.304. The van der Waals surface area contributed by atoms with Crippen molar-refractivity contribution in [2.75, 3.05) is 26.8 Å². The first-order chi connectivity index (χ1) is 14.5. The van der Waals surface area contributed by atoms with E-state index in [2.05, 4.69) is 4.98 Å². The summed E-state index contributed by atoms with van der Waals surface area (Å²) in [6.45, 7) is 5.29. The summed E-state index contributed by atoms with van der Waals surface area (Å²) in [7, 11) is 1.78. The molecule has 0 N–H and O–H groups in total. The van der Waals surface area contributed by atoms with Crippen LogP contribution in [-0.4, -0.2) is 48.7 Å². The van der Waals surface area contributed by atoms with E-state index < -0.39 is 0 Å². The molecule has 4 rings (SSSR count). The van der Waals surface area contributed by atoms with Crippen molar-refractivity contribution in [2.45, 2.75) is 20.0 Å². The van der Waals surface area contributed by atoms with Crippen LogP contribution in [0.2, 0.25) is 0 Å². The van der Waals surface area contributed by atoms with Crippen LogP contribution in [-0.2, 0) is 0 Å². The Morgan fingerprint density at radius 3 is 2.67 bits per heavy atom. The predicted octanol–water partition coefficient (Wildman–Crippen LogP) is 4.43. The van der Waals surface area contributed by atoms with Crippen molar-refractivity contribution in [3.8, 4) is 27.8 Å². The number of rotatable bonds is 6. The molecule has 1 aliphatic rings. The van der Waals surface area contributed by atoms with Gasteiger partial charge in [-0.05, 0) is 50.2 Å². The van der Waals surface area contributed by atoms with Crippen molar-refractivity contribution in [2.24, 2.45) is 0 Å². The molecule has 1 atom stereocenters. The molecule has 2 heterocycles. The number of likely N-dealkylation sites (N-methyl/N-ethyl adjacent to an activating group) is 1. The molecule has 0 radical (unpaired) electrons. The summed E-state index contributed by atoms with van der Waals surface area (Å²) in [4.78, 5) is 20.0. The molecule has 2 aromatic carbocycles. The van der Waals surface area contributed by atoms with Gasteiger partial charge in [-0.3, -0.25) is 4.79 Å². The number of fused-ring (bicyclic) bond motifs is 1. The topological polar surface area (TPSA) is 60.9 Å². The van der Waals surface area contributed by atoms with Crippen LogP contribution in [0.5, 0.6) is 17.2 Å². The highest BCUT2D eigenvalue weighted by molar-refractivity contribution is 7.17. The number of hydrogen-bond acceptors (Lipinski definition) is 6. The van der Waals surface area contributed by atoms with Crippen LogP contribution in [0.25, 0.3) is 10.6 Å². The Morgan fingerprint density at radius 2 is 1.93 bits per heavy atom. The number of benzene rings is 2. The maximum absolute atomic E-state index is 13.0. The van der Waals surface area contributed by atoms with Gasteiger partial charge in [-0.1, -0.05) is 12.1 Å². The summed E-state index contributed by atoms with van der Waals surface area (Å²) in [5.74, 6) is 2.20. The second kappa shape index (κ2) is 8.75. The normalized spacial score (nSPS) is 15.0. The Morgan fingerprint density at radius 1 is 1.20 bits per heavy atom. The van der Waals surface area contributed by atoms with Crippen LogP contribution < -0.4 is 14.2 Å². The van der Waals surface area contributed by atoms with Crippen LogP contribution in [0.3, 0.4) is 0 Å². The number of amides is 1. The third-order valence-corrected chi connectivity index (χ3v) is 5.99. The highest BCUT2D eigenvalue weighted by atomic mass is 32.1. The zero-order chi connectivity index (χ0) is 21.1. The van der Waals surface area contributed by atoms with Crippen molar-refractivity contribution in [3.05, 3.63) is 59.1 Å². The van der Waals surface area contributed by atoms with Gasteiger partial charge in [0.15, 0.2) is 17.6 Å². The predicted molar refractivity (Wildman–Crippen MR) is 117 cm³/mol. The van der Waals surface area contributed by atoms with Gasteiger partial charge in [0.25, 0.3) is 5.91 Å². The number of ether oxygens (including phenoxy) is 3. The first-order valence-electron chi connectivity index (χ1n) is 9.89. The van der Waals surface area contributed by atoms with Gasteiger partial charge in [0, 0.05) is 12.6 Å². The summed E-state index contributed by atoms with van der Waals surface area (Å²) < 4.78 is 17.2. The molecule has 0 saturated carbocycles. The quantitative estimate of drug-likeness (QED) is 0.586. The summed E-state index contributed by atoms with van der Waals surface area (Å²) >= 11 is 1.40. The van der Waals surface area contributed by atoms with Gasteiger partial charge < -0.3 is 19.1 Å². The minimum atomic E-state index is -0.215. The number of nitrogens with zero attached hydrogens (tertiary/aromatic N) is 2. The second-order valence-electron chi connectivity index (χ2n) is 7.07. The van der Waals surface area contributed by atoms with Gasteiger partial charge in [-0.15, -0.1) is 11.3 Å². The molecular weight excluding hydrogens is 400 g/mol. The Bertz CT molecular complexity index is 1030. The Balaban J connectivity index is 1.44. The molecule has 7 heteroatoms. The Hall–Kier alpha value is -3.06. The van der Waals surface area contributed by atoms with E-state index in [-0.39, 0.29) is 12.0 Å². The lowest BCUT2D eigenvalue weighted by molar-refractivity contribution is 0.0523. The van der Waals surface area contributed by atoms with E-state index >= 15 is 0 Å². The van der Waals surface area contributed by atoms with E-state index in [0.29, 0.717) is 30.4 Å². The Labute approximate surface area is 180 Å². The highest BCUT2D eigenvalue weighted by Gasteiger charge is 2.26. The van der Waals surface area contributed by atoms with Crippen LogP contribution in [0, 0.1) is 6.92 Å². The van der Waals surface area contributed by atoms with Gasteiger partial charge in [-0.2, -0.15) is 0 Å². The van der Waals surface area contributed by atoms with E-state index in [0.717, 1.165) is 27.8 Å². The molecule has 1 amide bonds. The van der Waals surface area contributed by atoms with Crippen LogP contribution >= 0.6 is 11.3 Å². The van der Waals surface area contributed by atoms with Gasteiger partial charge in [0.2, 0.25) is 0 Å². The molecule has 30 heavy (non-hydrogen) atoms. The molecule has 1 aromatic heterocycles. The summed E-state index contributed by atoms with van der Waals surface area (Å²) in [6, 6.07) is 15.3. The maximum Gasteiger partial charge on any atom is 0.265 e. The van der Waals surface area contributed by atoms with Crippen molar-refractivity contribution < 1.29 is 19.0 Å². The van der Waals surface area contributed by atoms with E-state index in [9.17, 15) is 4.79 Å². The lowest BCUT2D eigenvalue weighted by atomic mass is 10.2. The molecule has 0 spiro atoms. The zero-order valence-corrected chi connectivity index (χ0v) is 18.1. The second-order valence-corrected chi connectivity index (χ2v) is 8.07. The van der Waals surface area contributed by atoms with Gasteiger partial charge in [0.1, 0.15) is 22.2 Å². The van der Waals surface area contributed by atoms with Gasteiger partial charge in [-0.25, -0.2) is 4.98 Å². The number of aromatic nitrogens is 1. The van der Waals surface area contributed by atoms with E-state index in [4.69, 9.17) is 14.2 Å². The van der Waals surface area contributed by atoms with Crippen molar-refractivity contribution >= 4 is 17.2 Å². The van der Waals surface area contributed by atoms with Gasteiger partial charge in [0.05, 0.1) is 18.8 Å². The third-order valence-electron chi connectivity index (χ3n) is 4.79. The minimum absolute atomic E-state index is 0.0651. The van der Waals surface area contributed by atoms with E-state index in [1.165, 1.54) is 11.3 Å². The number of para-hydroxylation sites is 2. The van der Waals surface area contributed by atoms with Crippen LogP contribution in [0.4, 0.5) is 0 Å². The smallest absolute Gasteiger partial charge is 0.265 e. The average Bonchev–Trinajstić information content (AvgIpc) is 3.15. The molecule has 0 saturated heterocycles. The fourth-order valence-electron chi connectivity index (χ4n) is 3.29. The van der Waals surface area contributed by atoms with Gasteiger partial charge >= 0.3 is 0 Å². The highest BCUT2D eigenvalue weighted by Crippen LogP contribution is 2.32. The molecule has 156 valence electrons. The number of hydrogen-bond donors (Lipinski definition) is 0. The first kappa shape index (κ1) is 20.2. The molecule has 1 aliphatic heterocycles. The first-order valence-corrected chi connectivity index (χ1v) is 10.7. The standard InChI is InChI=1S/C23H24N2O4S/c1-4-27-17-11-9-16(10-12-17)22-24-15(2)21(30-22)23(26)25(3)13-18-14-28-19-7-5-6-8-20(19)29-18/h5-12,18H,4,13-14H2,1-3H3. The number of aryl methyl sites for hydroxylation is 1. The monoisotopic (exact) mass is 424 g/mol. The lowest BCUT2D eigenvalue weighted by Gasteiger charge is -2.29. The van der Waals surface area contributed by atoms with Crippen molar-refractivity contribution in [1.82, 2.24) is 9.88 Å². The minimum Gasteiger partial charge on any atom is -0.494 e. The molecule has 0 aliphatic carbocycles. The molecule has 1 unspecified atom stereocenters. The molecule has 0 fully saturated rings. The van der Waals surface area contributed by atoms with Crippen LogP contribution in [0.15, 0.2) is 48.5 Å². The lowest BCUT2D eigenvalue weighted by Crippen LogP contribution is -2.41. The maximum atomic E-state index is 13.0. The van der Waals surface area contributed by atoms with E-state index in [1.807, 2.05) is 62.4 Å². The van der Waals surface area contributed by atoms with Crippen LogP contribution in [0.1, 0.15) is 22.3 Å².